The predicted octanol–water partition coefficient (Wildman–Crippen LogP) is 11.4. The zero-order valence-corrected chi connectivity index (χ0v) is 30.5. The summed E-state index contributed by atoms with van der Waals surface area (Å²) in [6.07, 6.45) is 18.8. The molecular formula is C40H72N2O2. The average molecular weight is 613 g/mol. The van der Waals surface area contributed by atoms with Crippen LogP contribution in [0.4, 0.5) is 0 Å². The lowest BCUT2D eigenvalue weighted by Gasteiger charge is -2.31. The molecule has 4 unspecified atom stereocenters. The van der Waals surface area contributed by atoms with Crippen LogP contribution in [0, 0.1) is 23.7 Å². The summed E-state index contributed by atoms with van der Waals surface area (Å²) in [5.74, 6) is 2.40. The van der Waals surface area contributed by atoms with Gasteiger partial charge in [0.1, 0.15) is 0 Å². The van der Waals surface area contributed by atoms with E-state index in [4.69, 9.17) is 0 Å². The Kier molecular flexibility index (Phi) is 22.3. The molecular weight excluding hydrogens is 540 g/mol. The van der Waals surface area contributed by atoms with E-state index in [-0.39, 0.29) is 11.8 Å². The predicted molar refractivity (Wildman–Crippen MR) is 191 cm³/mol. The van der Waals surface area contributed by atoms with Gasteiger partial charge in [0.05, 0.1) is 0 Å². The summed E-state index contributed by atoms with van der Waals surface area (Å²) in [5, 5.41) is 0. The van der Waals surface area contributed by atoms with Crippen molar-refractivity contribution in [3.8, 4) is 0 Å². The molecule has 0 spiro atoms. The van der Waals surface area contributed by atoms with Crippen molar-refractivity contribution in [3.63, 3.8) is 0 Å². The maximum absolute atomic E-state index is 14.0. The maximum Gasteiger partial charge on any atom is 0.253 e. The third-order valence-electron chi connectivity index (χ3n) is 10.0. The van der Waals surface area contributed by atoms with Crippen LogP contribution in [0.3, 0.4) is 0 Å². The van der Waals surface area contributed by atoms with E-state index in [1.807, 2.05) is 24.3 Å². The maximum atomic E-state index is 14.0. The van der Waals surface area contributed by atoms with Gasteiger partial charge in [-0.1, -0.05) is 132 Å². The molecule has 4 heteroatoms. The first kappa shape index (κ1) is 40.2. The highest BCUT2D eigenvalue weighted by molar-refractivity contribution is 5.98. The van der Waals surface area contributed by atoms with Crippen molar-refractivity contribution in [2.75, 3.05) is 26.2 Å². The van der Waals surface area contributed by atoms with Gasteiger partial charge in [0.2, 0.25) is 0 Å². The topological polar surface area (TPSA) is 40.6 Å². The van der Waals surface area contributed by atoms with E-state index < -0.39 is 0 Å². The molecule has 2 amide bonds. The molecule has 4 atom stereocenters. The van der Waals surface area contributed by atoms with Gasteiger partial charge in [0.25, 0.3) is 11.8 Å². The fraction of sp³-hybridized carbons (Fsp3) is 0.800. The van der Waals surface area contributed by atoms with E-state index in [1.165, 1.54) is 77.0 Å². The van der Waals surface area contributed by atoms with Gasteiger partial charge in [-0.05, 0) is 73.6 Å². The van der Waals surface area contributed by atoms with Crippen LogP contribution in [0.25, 0.3) is 0 Å². The summed E-state index contributed by atoms with van der Waals surface area (Å²) in [5.41, 5.74) is 1.43. The SMILES string of the molecule is CCCCC(CC)CN(CC(CC)CCCC)C(=O)c1ccc(C(=O)N(CC(CC)CCCC)CC(CC)CCCC)cc1. The smallest absolute Gasteiger partial charge is 0.253 e. The van der Waals surface area contributed by atoms with Gasteiger partial charge < -0.3 is 9.80 Å². The Labute approximate surface area is 274 Å². The molecule has 0 bridgehead atoms. The summed E-state index contributed by atoms with van der Waals surface area (Å²) < 4.78 is 0. The first-order valence-corrected chi connectivity index (χ1v) is 19.0. The minimum Gasteiger partial charge on any atom is -0.338 e. The molecule has 1 rings (SSSR count). The second-order valence-electron chi connectivity index (χ2n) is 13.7. The molecule has 0 aliphatic rings. The molecule has 0 heterocycles. The quantitative estimate of drug-likeness (QED) is 0.104. The second-order valence-corrected chi connectivity index (χ2v) is 13.7. The van der Waals surface area contributed by atoms with Crippen LogP contribution in [-0.4, -0.2) is 47.8 Å². The number of hydrogen-bond acceptors (Lipinski definition) is 2. The third-order valence-corrected chi connectivity index (χ3v) is 10.0. The van der Waals surface area contributed by atoms with Crippen LogP contribution in [0.2, 0.25) is 0 Å². The number of rotatable bonds is 26. The van der Waals surface area contributed by atoms with Crippen LogP contribution in [-0.2, 0) is 0 Å². The van der Waals surface area contributed by atoms with E-state index in [9.17, 15) is 9.59 Å². The highest BCUT2D eigenvalue weighted by atomic mass is 16.2. The third kappa shape index (κ3) is 15.0. The lowest BCUT2D eigenvalue weighted by atomic mass is 9.94. The lowest BCUT2D eigenvalue weighted by Crippen LogP contribution is -2.39. The van der Waals surface area contributed by atoms with E-state index in [0.29, 0.717) is 34.8 Å². The molecule has 254 valence electrons. The molecule has 4 nitrogen and oxygen atoms in total. The summed E-state index contributed by atoms with van der Waals surface area (Å²) in [7, 11) is 0. The molecule has 1 aromatic carbocycles. The van der Waals surface area contributed by atoms with Crippen LogP contribution in [0.5, 0.6) is 0 Å². The van der Waals surface area contributed by atoms with Crippen molar-refractivity contribution in [2.24, 2.45) is 23.7 Å². The van der Waals surface area contributed by atoms with E-state index in [1.54, 1.807) is 0 Å². The Morgan fingerprint density at radius 2 is 0.682 bits per heavy atom. The summed E-state index contributed by atoms with van der Waals surface area (Å²) in [4.78, 5) is 32.3. The highest BCUT2D eigenvalue weighted by Gasteiger charge is 2.25. The molecule has 0 aliphatic carbocycles. The van der Waals surface area contributed by atoms with Crippen LogP contribution < -0.4 is 0 Å². The molecule has 0 aliphatic heterocycles. The van der Waals surface area contributed by atoms with Gasteiger partial charge in [0.15, 0.2) is 0 Å². The van der Waals surface area contributed by atoms with Crippen molar-refractivity contribution in [2.45, 2.75) is 158 Å². The number of benzene rings is 1. The fourth-order valence-corrected chi connectivity index (χ4v) is 6.52. The van der Waals surface area contributed by atoms with Gasteiger partial charge in [-0.25, -0.2) is 0 Å². The summed E-state index contributed by atoms with van der Waals surface area (Å²) in [6.45, 7) is 21.4. The monoisotopic (exact) mass is 613 g/mol. The molecule has 44 heavy (non-hydrogen) atoms. The second kappa shape index (κ2) is 24.4. The number of amides is 2. The van der Waals surface area contributed by atoms with Crippen molar-refractivity contribution < 1.29 is 9.59 Å². The number of nitrogens with zero attached hydrogens (tertiary/aromatic N) is 2. The lowest BCUT2D eigenvalue weighted by molar-refractivity contribution is 0.0673. The largest absolute Gasteiger partial charge is 0.338 e. The minimum atomic E-state index is 0.127. The zero-order chi connectivity index (χ0) is 32.7. The molecule has 0 radical (unpaired) electrons. The molecule has 0 saturated heterocycles. The van der Waals surface area contributed by atoms with Gasteiger partial charge >= 0.3 is 0 Å². The Morgan fingerprint density at radius 3 is 0.864 bits per heavy atom. The standard InChI is InChI=1S/C40H72N2O2/c1-9-17-21-33(13-5)29-41(30-34(14-6)22-18-10-2)39(43)37-25-27-38(28-26-37)40(44)42(31-35(15-7)23-19-11-3)32-36(16-8)24-20-12-4/h25-28,33-36H,9-24,29-32H2,1-8H3. The van der Waals surface area contributed by atoms with Gasteiger partial charge in [-0.15, -0.1) is 0 Å². The Hall–Kier alpha value is -1.84. The zero-order valence-electron chi connectivity index (χ0n) is 30.5. The molecule has 1 aromatic rings. The number of unbranched alkanes of at least 4 members (excludes halogenated alkanes) is 4. The number of carbonyl (C=O) groups is 2. The van der Waals surface area contributed by atoms with Crippen LogP contribution in [0.15, 0.2) is 24.3 Å². The Bertz CT molecular complexity index is 760. The molecule has 0 N–H and O–H groups in total. The first-order valence-electron chi connectivity index (χ1n) is 19.0. The summed E-state index contributed by atoms with van der Waals surface area (Å²) >= 11 is 0. The van der Waals surface area contributed by atoms with Crippen LogP contribution in [0.1, 0.15) is 179 Å². The van der Waals surface area contributed by atoms with Gasteiger partial charge in [-0.2, -0.15) is 0 Å². The van der Waals surface area contributed by atoms with Crippen molar-refractivity contribution in [1.29, 1.82) is 0 Å². The van der Waals surface area contributed by atoms with E-state index in [2.05, 4.69) is 65.2 Å². The Morgan fingerprint density at radius 1 is 0.455 bits per heavy atom. The molecule has 0 saturated carbocycles. The Balaban J connectivity index is 3.23. The number of hydrogen-bond donors (Lipinski definition) is 0. The minimum absolute atomic E-state index is 0.127. The number of carbonyl (C=O) groups excluding carboxylic acids is 2. The first-order chi connectivity index (χ1) is 21.3. The normalized spacial score (nSPS) is 14.2. The van der Waals surface area contributed by atoms with Crippen molar-refractivity contribution in [1.82, 2.24) is 9.80 Å². The van der Waals surface area contributed by atoms with Gasteiger partial charge in [-0.3, -0.25) is 9.59 Å². The van der Waals surface area contributed by atoms with Crippen molar-refractivity contribution >= 4 is 11.8 Å². The van der Waals surface area contributed by atoms with Crippen LogP contribution >= 0.6 is 0 Å². The molecule has 0 aromatic heterocycles. The fourth-order valence-electron chi connectivity index (χ4n) is 6.52. The summed E-state index contributed by atoms with van der Waals surface area (Å²) in [6, 6.07) is 7.68. The average Bonchev–Trinajstić information content (AvgIpc) is 3.06. The van der Waals surface area contributed by atoms with Gasteiger partial charge in [0, 0.05) is 37.3 Å². The van der Waals surface area contributed by atoms with E-state index >= 15 is 0 Å². The van der Waals surface area contributed by atoms with Crippen molar-refractivity contribution in [3.05, 3.63) is 35.4 Å². The van der Waals surface area contributed by atoms with E-state index in [0.717, 1.165) is 51.9 Å². The molecule has 0 fully saturated rings. The highest BCUT2D eigenvalue weighted by Crippen LogP contribution is 2.23.